The SMILES string of the molecule is CC(C)[Si](OCC12CCCC1CC(O)O2)(C(C)C)C(C)C. The first-order valence-electron chi connectivity index (χ1n) is 8.74. The van der Waals surface area contributed by atoms with Gasteiger partial charge < -0.3 is 14.3 Å². The summed E-state index contributed by atoms with van der Waals surface area (Å²) in [6.45, 7) is 14.6. The second kappa shape index (κ2) is 6.30. The average Bonchev–Trinajstić information content (AvgIpc) is 2.83. The van der Waals surface area contributed by atoms with Crippen LogP contribution in [0.15, 0.2) is 0 Å². The first kappa shape index (κ1) is 17.5. The summed E-state index contributed by atoms with van der Waals surface area (Å²) in [6.07, 6.45) is 3.66. The molecule has 3 unspecified atom stereocenters. The summed E-state index contributed by atoms with van der Waals surface area (Å²) in [7, 11) is -1.84. The van der Waals surface area contributed by atoms with E-state index in [1.165, 1.54) is 12.8 Å². The van der Waals surface area contributed by atoms with Crippen LogP contribution in [0.3, 0.4) is 0 Å². The summed E-state index contributed by atoms with van der Waals surface area (Å²) in [5.74, 6) is 0.491. The smallest absolute Gasteiger partial charge is 0.200 e. The van der Waals surface area contributed by atoms with Gasteiger partial charge in [0.2, 0.25) is 0 Å². The molecule has 2 aliphatic rings. The van der Waals surface area contributed by atoms with Crippen LogP contribution in [0.25, 0.3) is 0 Å². The number of fused-ring (bicyclic) bond motifs is 1. The van der Waals surface area contributed by atoms with Gasteiger partial charge in [-0.15, -0.1) is 0 Å². The molecule has 0 aromatic carbocycles. The Morgan fingerprint density at radius 3 is 2.24 bits per heavy atom. The molecular weight excluding hydrogens is 280 g/mol. The monoisotopic (exact) mass is 314 g/mol. The molecule has 21 heavy (non-hydrogen) atoms. The first-order chi connectivity index (χ1) is 9.74. The molecule has 1 heterocycles. The zero-order valence-electron chi connectivity index (χ0n) is 14.7. The number of ether oxygens (including phenoxy) is 1. The van der Waals surface area contributed by atoms with Crippen molar-refractivity contribution in [3.63, 3.8) is 0 Å². The fourth-order valence-corrected chi connectivity index (χ4v) is 10.6. The van der Waals surface area contributed by atoms with E-state index in [1.807, 2.05) is 0 Å². The highest BCUT2D eigenvalue weighted by atomic mass is 28.4. The maximum atomic E-state index is 9.89. The van der Waals surface area contributed by atoms with Gasteiger partial charge in [-0.05, 0) is 35.4 Å². The Labute approximate surface area is 131 Å². The molecule has 1 saturated carbocycles. The summed E-state index contributed by atoms with van der Waals surface area (Å²) in [4.78, 5) is 0. The van der Waals surface area contributed by atoms with Crippen molar-refractivity contribution in [2.75, 3.05) is 6.61 Å². The van der Waals surface area contributed by atoms with E-state index in [9.17, 15) is 5.11 Å². The van der Waals surface area contributed by atoms with Crippen molar-refractivity contribution in [2.24, 2.45) is 5.92 Å². The predicted molar refractivity (Wildman–Crippen MR) is 88.8 cm³/mol. The fraction of sp³-hybridized carbons (Fsp3) is 1.00. The molecule has 2 rings (SSSR count). The Morgan fingerprint density at radius 2 is 1.71 bits per heavy atom. The minimum Gasteiger partial charge on any atom is -0.413 e. The summed E-state index contributed by atoms with van der Waals surface area (Å²) >= 11 is 0. The van der Waals surface area contributed by atoms with Gasteiger partial charge in [-0.25, -0.2) is 0 Å². The van der Waals surface area contributed by atoms with Gasteiger partial charge in [0, 0.05) is 6.42 Å². The van der Waals surface area contributed by atoms with E-state index in [4.69, 9.17) is 9.16 Å². The maximum absolute atomic E-state index is 9.89. The predicted octanol–water partition coefficient (Wildman–Crippen LogP) is 4.46. The van der Waals surface area contributed by atoms with Crippen molar-refractivity contribution in [3.8, 4) is 0 Å². The lowest BCUT2D eigenvalue weighted by molar-refractivity contribution is -0.153. The van der Waals surface area contributed by atoms with Gasteiger partial charge in [-0.3, -0.25) is 0 Å². The molecule has 124 valence electrons. The molecule has 1 N–H and O–H groups in total. The maximum Gasteiger partial charge on any atom is 0.200 e. The Morgan fingerprint density at radius 1 is 1.14 bits per heavy atom. The van der Waals surface area contributed by atoms with E-state index >= 15 is 0 Å². The van der Waals surface area contributed by atoms with Crippen LogP contribution >= 0.6 is 0 Å². The van der Waals surface area contributed by atoms with Crippen LogP contribution in [-0.4, -0.2) is 31.9 Å². The van der Waals surface area contributed by atoms with E-state index in [0.29, 0.717) is 29.1 Å². The minimum atomic E-state index is -1.84. The summed E-state index contributed by atoms with van der Waals surface area (Å²) in [5, 5.41) is 9.89. The number of hydrogen-bond donors (Lipinski definition) is 1. The topological polar surface area (TPSA) is 38.7 Å². The van der Waals surface area contributed by atoms with E-state index in [2.05, 4.69) is 41.5 Å². The van der Waals surface area contributed by atoms with Gasteiger partial charge >= 0.3 is 0 Å². The lowest BCUT2D eigenvalue weighted by atomic mass is 9.92. The quantitative estimate of drug-likeness (QED) is 0.736. The summed E-state index contributed by atoms with van der Waals surface area (Å²) in [6, 6.07) is 0. The Hall–Kier alpha value is 0.0969. The van der Waals surface area contributed by atoms with Crippen molar-refractivity contribution >= 4 is 8.32 Å². The second-order valence-corrected chi connectivity index (χ2v) is 13.5. The van der Waals surface area contributed by atoms with Gasteiger partial charge in [0.05, 0.1) is 12.2 Å². The highest BCUT2D eigenvalue weighted by Gasteiger charge is 2.54. The lowest BCUT2D eigenvalue weighted by Crippen LogP contribution is -2.51. The molecule has 1 saturated heterocycles. The number of hydrogen-bond acceptors (Lipinski definition) is 3. The molecule has 0 aromatic heterocycles. The fourth-order valence-electron chi connectivity index (χ4n) is 5.14. The minimum absolute atomic E-state index is 0.198. The van der Waals surface area contributed by atoms with E-state index < -0.39 is 14.6 Å². The number of aliphatic hydroxyl groups excluding tert-OH is 1. The van der Waals surface area contributed by atoms with Gasteiger partial charge in [0.25, 0.3) is 0 Å². The zero-order valence-corrected chi connectivity index (χ0v) is 15.7. The average molecular weight is 315 g/mol. The third-order valence-electron chi connectivity index (χ3n) is 6.03. The standard InChI is InChI=1S/C17H34O3Si/c1-12(2)21(13(3)4,14(5)6)19-11-17-9-7-8-15(17)10-16(18)20-17/h12-16,18H,7-11H2,1-6H3. The van der Waals surface area contributed by atoms with Crippen molar-refractivity contribution in [2.45, 2.75) is 95.7 Å². The molecule has 0 spiro atoms. The molecule has 0 bridgehead atoms. The number of rotatable bonds is 6. The molecule has 0 amide bonds. The van der Waals surface area contributed by atoms with Crippen LogP contribution < -0.4 is 0 Å². The van der Waals surface area contributed by atoms with Crippen molar-refractivity contribution in [1.29, 1.82) is 0 Å². The second-order valence-electron chi connectivity index (χ2n) is 8.07. The zero-order chi connectivity index (χ0) is 15.8. The third-order valence-corrected chi connectivity index (χ3v) is 12.1. The molecule has 0 radical (unpaired) electrons. The summed E-state index contributed by atoms with van der Waals surface area (Å²) < 4.78 is 12.7. The van der Waals surface area contributed by atoms with E-state index in [1.54, 1.807) is 0 Å². The molecule has 2 fully saturated rings. The van der Waals surface area contributed by atoms with Crippen molar-refractivity contribution in [1.82, 2.24) is 0 Å². The highest BCUT2D eigenvalue weighted by molar-refractivity contribution is 6.77. The Kier molecular flexibility index (Phi) is 5.24. The number of aliphatic hydroxyl groups is 1. The normalized spacial score (nSPS) is 33.4. The first-order valence-corrected chi connectivity index (χ1v) is 10.9. The molecule has 3 atom stereocenters. The summed E-state index contributed by atoms with van der Waals surface area (Å²) in [5.41, 5.74) is 1.59. The van der Waals surface area contributed by atoms with Crippen molar-refractivity contribution < 1.29 is 14.3 Å². The highest BCUT2D eigenvalue weighted by Crippen LogP contribution is 2.50. The molecule has 0 aromatic rings. The Bertz CT molecular complexity index is 334. The molecular formula is C17H34O3Si. The van der Waals surface area contributed by atoms with Crippen LogP contribution in [0.5, 0.6) is 0 Å². The van der Waals surface area contributed by atoms with E-state index in [0.717, 1.165) is 12.8 Å². The van der Waals surface area contributed by atoms with Crippen LogP contribution in [0.4, 0.5) is 0 Å². The van der Waals surface area contributed by atoms with Crippen LogP contribution in [0.2, 0.25) is 16.6 Å². The molecule has 4 heteroatoms. The molecule has 1 aliphatic carbocycles. The van der Waals surface area contributed by atoms with Crippen LogP contribution in [0, 0.1) is 5.92 Å². The largest absolute Gasteiger partial charge is 0.413 e. The van der Waals surface area contributed by atoms with Crippen molar-refractivity contribution in [3.05, 3.63) is 0 Å². The molecule has 1 aliphatic heterocycles. The van der Waals surface area contributed by atoms with Gasteiger partial charge in [0.15, 0.2) is 14.6 Å². The van der Waals surface area contributed by atoms with Gasteiger partial charge in [0.1, 0.15) is 0 Å². The lowest BCUT2D eigenvalue weighted by Gasteiger charge is -2.44. The van der Waals surface area contributed by atoms with Crippen LogP contribution in [0.1, 0.15) is 67.2 Å². The third kappa shape index (κ3) is 2.97. The van der Waals surface area contributed by atoms with Gasteiger partial charge in [-0.1, -0.05) is 48.0 Å². The van der Waals surface area contributed by atoms with E-state index in [-0.39, 0.29) is 5.60 Å². The molecule has 3 nitrogen and oxygen atoms in total. The Balaban J connectivity index is 2.15. The van der Waals surface area contributed by atoms with Crippen LogP contribution in [-0.2, 0) is 9.16 Å². The van der Waals surface area contributed by atoms with Gasteiger partial charge in [-0.2, -0.15) is 0 Å².